The van der Waals surface area contributed by atoms with Crippen molar-refractivity contribution in [3.63, 3.8) is 0 Å². The normalized spacial score (nSPS) is 15.4. The van der Waals surface area contributed by atoms with Crippen molar-refractivity contribution in [1.82, 2.24) is 9.44 Å². The molecule has 2 N–H and O–H groups in total. The number of carbonyl (C=O) groups excluding carboxylic acids is 1. The van der Waals surface area contributed by atoms with Crippen LogP contribution in [0.5, 0.6) is 0 Å². The van der Waals surface area contributed by atoms with E-state index < -0.39 is 21.9 Å². The molecule has 1 amide bonds. The lowest BCUT2D eigenvalue weighted by Gasteiger charge is -2.08. The molecule has 1 aliphatic rings. The molecule has 1 aromatic carbocycles. The number of carbonyl (C=O) groups is 1. The van der Waals surface area contributed by atoms with E-state index >= 15 is 0 Å². The van der Waals surface area contributed by atoms with E-state index in [1.807, 2.05) is 0 Å². The zero-order valence-electron chi connectivity index (χ0n) is 9.52. The molecule has 2 rings (SSSR count). The third-order valence-corrected chi connectivity index (χ3v) is 3.61. The number of benzene rings is 1. The molecule has 98 valence electrons. The standard InChI is InChI=1S/C11H13FN2O3S/c12-10-4-2-1-3-9(10)11(15)14-18(16,17)13-7-8-5-6-8/h1-4,8,13H,5-7H2,(H,14,15). The van der Waals surface area contributed by atoms with Gasteiger partial charge in [0.2, 0.25) is 0 Å². The van der Waals surface area contributed by atoms with Crippen molar-refractivity contribution in [2.45, 2.75) is 12.8 Å². The van der Waals surface area contributed by atoms with Crippen molar-refractivity contribution in [3.8, 4) is 0 Å². The topological polar surface area (TPSA) is 75.3 Å². The van der Waals surface area contributed by atoms with Crippen LogP contribution in [-0.2, 0) is 10.2 Å². The summed E-state index contributed by atoms with van der Waals surface area (Å²) in [5, 5.41) is 0. The van der Waals surface area contributed by atoms with Crippen molar-refractivity contribution in [1.29, 1.82) is 0 Å². The molecule has 1 saturated carbocycles. The molecule has 0 aromatic heterocycles. The first kappa shape index (κ1) is 13.0. The molecule has 0 bridgehead atoms. The molecule has 1 aromatic rings. The molecule has 0 saturated heterocycles. The van der Waals surface area contributed by atoms with Crippen LogP contribution in [0.25, 0.3) is 0 Å². The maximum atomic E-state index is 13.3. The van der Waals surface area contributed by atoms with Gasteiger partial charge in [-0.1, -0.05) is 12.1 Å². The number of halogens is 1. The molecule has 0 heterocycles. The Labute approximate surface area is 105 Å². The molecule has 0 unspecified atom stereocenters. The van der Waals surface area contributed by atoms with E-state index in [2.05, 4.69) is 4.72 Å². The Morgan fingerprint density at radius 2 is 2.00 bits per heavy atom. The Morgan fingerprint density at radius 3 is 2.61 bits per heavy atom. The number of nitrogens with one attached hydrogen (secondary N) is 2. The van der Waals surface area contributed by atoms with Crippen LogP contribution in [0.15, 0.2) is 24.3 Å². The van der Waals surface area contributed by atoms with Crippen LogP contribution < -0.4 is 9.44 Å². The summed E-state index contributed by atoms with van der Waals surface area (Å²) in [6.45, 7) is 0.305. The zero-order chi connectivity index (χ0) is 13.2. The van der Waals surface area contributed by atoms with Gasteiger partial charge in [-0.3, -0.25) is 4.79 Å². The fourth-order valence-corrected chi connectivity index (χ4v) is 2.29. The summed E-state index contributed by atoms with van der Waals surface area (Å²) in [5.74, 6) is -1.38. The molecule has 1 aliphatic carbocycles. The maximum absolute atomic E-state index is 13.3. The second kappa shape index (κ2) is 5.03. The second-order valence-corrected chi connectivity index (χ2v) is 5.71. The highest BCUT2D eigenvalue weighted by Crippen LogP contribution is 2.27. The Balaban J connectivity index is 1.99. The van der Waals surface area contributed by atoms with Crippen molar-refractivity contribution in [2.75, 3.05) is 6.54 Å². The lowest BCUT2D eigenvalue weighted by Crippen LogP contribution is -2.41. The lowest BCUT2D eigenvalue weighted by molar-refractivity contribution is 0.0977. The lowest BCUT2D eigenvalue weighted by atomic mass is 10.2. The minimum atomic E-state index is -3.92. The van der Waals surface area contributed by atoms with Gasteiger partial charge in [0.05, 0.1) is 5.56 Å². The molecule has 0 aliphatic heterocycles. The van der Waals surface area contributed by atoms with Gasteiger partial charge in [-0.25, -0.2) is 9.11 Å². The van der Waals surface area contributed by atoms with E-state index in [4.69, 9.17) is 0 Å². The molecule has 18 heavy (non-hydrogen) atoms. The quantitative estimate of drug-likeness (QED) is 0.832. The van der Waals surface area contributed by atoms with Crippen LogP contribution >= 0.6 is 0 Å². The smallest absolute Gasteiger partial charge is 0.268 e. The van der Waals surface area contributed by atoms with Crippen molar-refractivity contribution in [2.24, 2.45) is 5.92 Å². The third kappa shape index (κ3) is 3.51. The van der Waals surface area contributed by atoms with Crippen LogP contribution in [-0.4, -0.2) is 20.9 Å². The van der Waals surface area contributed by atoms with Gasteiger partial charge in [0.1, 0.15) is 5.82 Å². The maximum Gasteiger partial charge on any atom is 0.301 e. The number of rotatable bonds is 5. The summed E-state index contributed by atoms with van der Waals surface area (Å²) in [6, 6.07) is 5.20. The van der Waals surface area contributed by atoms with Gasteiger partial charge < -0.3 is 0 Å². The van der Waals surface area contributed by atoms with E-state index in [1.165, 1.54) is 18.2 Å². The highest BCUT2D eigenvalue weighted by Gasteiger charge is 2.24. The largest absolute Gasteiger partial charge is 0.301 e. The fraction of sp³-hybridized carbons (Fsp3) is 0.364. The SMILES string of the molecule is O=C(NS(=O)(=O)NCC1CC1)c1ccccc1F. The summed E-state index contributed by atoms with van der Waals surface area (Å²) >= 11 is 0. The molecule has 0 radical (unpaired) electrons. The van der Waals surface area contributed by atoms with Crippen LogP contribution in [0.1, 0.15) is 23.2 Å². The van der Waals surface area contributed by atoms with Gasteiger partial charge in [-0.05, 0) is 30.9 Å². The summed E-state index contributed by atoms with van der Waals surface area (Å²) < 4.78 is 40.3. The van der Waals surface area contributed by atoms with Gasteiger partial charge in [-0.15, -0.1) is 0 Å². The molecule has 7 heteroatoms. The highest BCUT2D eigenvalue weighted by molar-refractivity contribution is 7.88. The zero-order valence-corrected chi connectivity index (χ0v) is 10.3. The van der Waals surface area contributed by atoms with Gasteiger partial charge >= 0.3 is 10.2 Å². The Bertz CT molecular complexity index is 555. The second-order valence-electron chi connectivity index (χ2n) is 4.21. The molecular formula is C11H13FN2O3S. The van der Waals surface area contributed by atoms with Crippen LogP contribution in [0.4, 0.5) is 4.39 Å². The average Bonchev–Trinajstić information content (AvgIpc) is 3.10. The van der Waals surface area contributed by atoms with E-state index in [0.717, 1.165) is 18.9 Å². The third-order valence-electron chi connectivity index (χ3n) is 2.60. The first-order valence-corrected chi connectivity index (χ1v) is 7.02. The Hall–Kier alpha value is -1.47. The van der Waals surface area contributed by atoms with Gasteiger partial charge in [0.25, 0.3) is 5.91 Å². The van der Waals surface area contributed by atoms with Crippen LogP contribution in [0, 0.1) is 11.7 Å². The van der Waals surface area contributed by atoms with Gasteiger partial charge in [0, 0.05) is 6.54 Å². The summed E-state index contributed by atoms with van der Waals surface area (Å²) in [6.07, 6.45) is 1.98. The van der Waals surface area contributed by atoms with Gasteiger partial charge in [-0.2, -0.15) is 13.1 Å². The highest BCUT2D eigenvalue weighted by atomic mass is 32.2. The average molecular weight is 272 g/mol. The molecule has 0 spiro atoms. The van der Waals surface area contributed by atoms with Crippen LogP contribution in [0.3, 0.4) is 0 Å². The van der Waals surface area contributed by atoms with E-state index in [0.29, 0.717) is 12.5 Å². The monoisotopic (exact) mass is 272 g/mol. The van der Waals surface area contributed by atoms with Crippen molar-refractivity contribution in [3.05, 3.63) is 35.6 Å². The molecular weight excluding hydrogens is 259 g/mol. The minimum Gasteiger partial charge on any atom is -0.268 e. The Morgan fingerprint density at radius 1 is 1.33 bits per heavy atom. The predicted molar refractivity (Wildman–Crippen MR) is 63.5 cm³/mol. The summed E-state index contributed by atoms with van der Waals surface area (Å²) in [7, 11) is -3.92. The van der Waals surface area contributed by atoms with Crippen LogP contribution in [0.2, 0.25) is 0 Å². The number of hydrogen-bond acceptors (Lipinski definition) is 3. The summed E-state index contributed by atoms with van der Waals surface area (Å²) in [5.41, 5.74) is -0.297. The van der Waals surface area contributed by atoms with E-state index in [-0.39, 0.29) is 5.56 Å². The first-order chi connectivity index (χ1) is 8.48. The van der Waals surface area contributed by atoms with E-state index in [9.17, 15) is 17.6 Å². The molecule has 5 nitrogen and oxygen atoms in total. The van der Waals surface area contributed by atoms with Crippen molar-refractivity contribution < 1.29 is 17.6 Å². The molecule has 1 fully saturated rings. The van der Waals surface area contributed by atoms with E-state index in [1.54, 1.807) is 4.72 Å². The minimum absolute atomic E-state index is 0.297. The predicted octanol–water partition coefficient (Wildman–Crippen LogP) is 0.800. The number of amides is 1. The fourth-order valence-electron chi connectivity index (χ4n) is 1.41. The number of hydrogen-bond donors (Lipinski definition) is 2. The molecule has 0 atom stereocenters. The first-order valence-electron chi connectivity index (χ1n) is 5.54. The van der Waals surface area contributed by atoms with Gasteiger partial charge in [0.15, 0.2) is 0 Å². The Kier molecular flexibility index (Phi) is 3.63. The van der Waals surface area contributed by atoms with Crippen molar-refractivity contribution >= 4 is 16.1 Å². The summed E-state index contributed by atoms with van der Waals surface area (Å²) in [4.78, 5) is 11.6.